The van der Waals surface area contributed by atoms with Crippen LogP contribution < -0.4 is 10.6 Å². The molecule has 1 atom stereocenters. The predicted molar refractivity (Wildman–Crippen MR) is 91.5 cm³/mol. The van der Waals surface area contributed by atoms with Gasteiger partial charge in [0.2, 0.25) is 0 Å². The number of anilines is 1. The monoisotopic (exact) mass is 356 g/mol. The molecule has 0 fully saturated rings. The number of carbonyl (C=O) groups is 2. The molecule has 1 aromatic rings. The average molecular weight is 356 g/mol. The van der Waals surface area contributed by atoms with Crippen molar-refractivity contribution in [2.75, 3.05) is 18.5 Å². The van der Waals surface area contributed by atoms with Gasteiger partial charge >= 0.3 is 12.0 Å². The molecule has 134 valence electrons. The molecule has 2 heterocycles. The summed E-state index contributed by atoms with van der Waals surface area (Å²) in [6, 6.07) is -0.472. The Hall–Kier alpha value is -1.64. The third-order valence-electron chi connectivity index (χ3n) is 3.55. The molecule has 0 saturated carbocycles. The summed E-state index contributed by atoms with van der Waals surface area (Å²) in [5.41, 5.74) is 0.905. The molecule has 7 nitrogen and oxygen atoms in total. The Kier molecular flexibility index (Phi) is 5.84. The zero-order valence-corrected chi connectivity index (χ0v) is 15.2. The van der Waals surface area contributed by atoms with Crippen LogP contribution in [0.15, 0.2) is 0 Å². The second-order valence-corrected chi connectivity index (χ2v) is 7.44. The zero-order valence-electron chi connectivity index (χ0n) is 14.4. The Labute approximate surface area is 145 Å². The number of fused-ring (bicyclic) bond motifs is 1. The number of nitrogens with one attached hydrogen (secondary N) is 2. The van der Waals surface area contributed by atoms with Crippen LogP contribution in [-0.4, -0.2) is 42.0 Å². The number of urea groups is 1. The van der Waals surface area contributed by atoms with E-state index in [9.17, 15) is 14.7 Å². The standard InChI is InChI=1S/C16H24N2O5S/c1-5-22-14(20)12-10-6-16(3,4)23-8-11(10)24-13(12)18-15(21)17-7-9(2)19/h9,19H,5-8H2,1-4H3,(H2,17,18,21)/t9-/m0/s1. The zero-order chi connectivity index (χ0) is 17.9. The summed E-state index contributed by atoms with van der Waals surface area (Å²) in [6.07, 6.45) is -0.0738. The number of aliphatic hydroxyl groups is 1. The highest BCUT2D eigenvalue weighted by Crippen LogP contribution is 2.40. The first-order chi connectivity index (χ1) is 11.2. The molecule has 2 amide bonds. The largest absolute Gasteiger partial charge is 0.462 e. The average Bonchev–Trinajstić information content (AvgIpc) is 2.81. The van der Waals surface area contributed by atoms with Crippen molar-refractivity contribution >= 4 is 28.3 Å². The molecular formula is C16H24N2O5S. The van der Waals surface area contributed by atoms with E-state index in [1.54, 1.807) is 13.8 Å². The Morgan fingerprint density at radius 1 is 1.46 bits per heavy atom. The van der Waals surface area contributed by atoms with Gasteiger partial charge < -0.3 is 19.9 Å². The maximum absolute atomic E-state index is 12.4. The number of ether oxygens (including phenoxy) is 2. The maximum atomic E-state index is 12.4. The summed E-state index contributed by atoms with van der Waals surface area (Å²) < 4.78 is 10.9. The van der Waals surface area contributed by atoms with Crippen LogP contribution in [0.1, 0.15) is 48.5 Å². The topological polar surface area (TPSA) is 96.9 Å². The quantitative estimate of drug-likeness (QED) is 0.703. The Morgan fingerprint density at radius 2 is 2.17 bits per heavy atom. The molecule has 1 aliphatic heterocycles. The van der Waals surface area contributed by atoms with E-state index in [0.29, 0.717) is 23.6 Å². The molecule has 0 radical (unpaired) electrons. The Balaban J connectivity index is 2.28. The van der Waals surface area contributed by atoms with Crippen LogP contribution in [0.25, 0.3) is 0 Å². The molecule has 0 spiro atoms. The van der Waals surface area contributed by atoms with Crippen molar-refractivity contribution in [1.29, 1.82) is 0 Å². The van der Waals surface area contributed by atoms with Crippen molar-refractivity contribution in [1.82, 2.24) is 5.32 Å². The minimum Gasteiger partial charge on any atom is -0.462 e. The van der Waals surface area contributed by atoms with Crippen molar-refractivity contribution in [2.24, 2.45) is 0 Å². The van der Waals surface area contributed by atoms with Gasteiger partial charge in [-0.25, -0.2) is 9.59 Å². The fourth-order valence-electron chi connectivity index (χ4n) is 2.45. The predicted octanol–water partition coefficient (Wildman–Crippen LogP) is 2.28. The summed E-state index contributed by atoms with van der Waals surface area (Å²) in [7, 11) is 0. The summed E-state index contributed by atoms with van der Waals surface area (Å²) in [5, 5.41) is 14.9. The first kappa shape index (κ1) is 18.7. The van der Waals surface area contributed by atoms with Crippen molar-refractivity contribution < 1.29 is 24.2 Å². The third-order valence-corrected chi connectivity index (χ3v) is 4.67. The highest BCUT2D eigenvalue weighted by molar-refractivity contribution is 7.17. The second-order valence-electron chi connectivity index (χ2n) is 6.34. The van der Waals surface area contributed by atoms with Gasteiger partial charge in [-0.05, 0) is 33.3 Å². The van der Waals surface area contributed by atoms with Crippen LogP contribution in [-0.2, 0) is 22.5 Å². The lowest BCUT2D eigenvalue weighted by Gasteiger charge is -2.30. The fraction of sp³-hybridized carbons (Fsp3) is 0.625. The Morgan fingerprint density at radius 3 is 2.79 bits per heavy atom. The highest BCUT2D eigenvalue weighted by Gasteiger charge is 2.34. The number of hydrogen-bond donors (Lipinski definition) is 3. The van der Waals surface area contributed by atoms with Gasteiger partial charge in [0.1, 0.15) is 5.00 Å². The number of thiophene rings is 1. The minimum atomic E-state index is -0.647. The van der Waals surface area contributed by atoms with E-state index in [4.69, 9.17) is 9.47 Å². The Bertz CT molecular complexity index is 624. The van der Waals surface area contributed by atoms with Crippen LogP contribution in [0, 0.1) is 0 Å². The summed E-state index contributed by atoms with van der Waals surface area (Å²) in [4.78, 5) is 25.3. The van der Waals surface area contributed by atoms with Crippen molar-refractivity contribution in [2.45, 2.75) is 52.4 Å². The van der Waals surface area contributed by atoms with Gasteiger partial charge in [-0.2, -0.15) is 0 Å². The van der Waals surface area contributed by atoms with E-state index in [1.807, 2.05) is 13.8 Å². The van der Waals surface area contributed by atoms with E-state index in [-0.39, 0.29) is 18.8 Å². The lowest BCUT2D eigenvalue weighted by Crippen LogP contribution is -2.34. The van der Waals surface area contributed by atoms with Gasteiger partial charge in [-0.3, -0.25) is 5.32 Å². The third kappa shape index (κ3) is 4.46. The number of esters is 1. The lowest BCUT2D eigenvalue weighted by atomic mass is 9.93. The summed E-state index contributed by atoms with van der Waals surface area (Å²) >= 11 is 1.32. The first-order valence-electron chi connectivity index (χ1n) is 7.92. The molecule has 0 saturated heterocycles. The van der Waals surface area contributed by atoms with Gasteiger partial charge in [0.15, 0.2) is 0 Å². The van der Waals surface area contributed by atoms with Crippen molar-refractivity contribution in [3.63, 3.8) is 0 Å². The minimum absolute atomic E-state index is 0.127. The molecule has 2 rings (SSSR count). The molecule has 0 aromatic carbocycles. The van der Waals surface area contributed by atoms with Gasteiger partial charge in [-0.1, -0.05) is 0 Å². The summed E-state index contributed by atoms with van der Waals surface area (Å²) in [6.45, 7) is 8.03. The first-order valence-corrected chi connectivity index (χ1v) is 8.73. The van der Waals surface area contributed by atoms with Crippen LogP contribution in [0.5, 0.6) is 0 Å². The normalized spacial score (nSPS) is 16.9. The van der Waals surface area contributed by atoms with Gasteiger partial charge in [-0.15, -0.1) is 11.3 Å². The van der Waals surface area contributed by atoms with E-state index in [0.717, 1.165) is 10.4 Å². The SMILES string of the molecule is CCOC(=O)c1c(NC(=O)NC[C@H](C)O)sc2c1CC(C)(C)OC2. The molecule has 1 aliphatic rings. The number of rotatable bonds is 5. The van der Waals surface area contributed by atoms with Crippen molar-refractivity contribution in [3.05, 3.63) is 16.0 Å². The van der Waals surface area contributed by atoms with Gasteiger partial charge in [0.25, 0.3) is 0 Å². The van der Waals surface area contributed by atoms with E-state index >= 15 is 0 Å². The van der Waals surface area contributed by atoms with Crippen LogP contribution in [0.3, 0.4) is 0 Å². The maximum Gasteiger partial charge on any atom is 0.341 e. The molecule has 0 aliphatic carbocycles. The van der Waals surface area contributed by atoms with Gasteiger partial charge in [0, 0.05) is 17.8 Å². The molecule has 0 unspecified atom stereocenters. The van der Waals surface area contributed by atoms with Crippen LogP contribution in [0.2, 0.25) is 0 Å². The number of carbonyl (C=O) groups excluding carboxylic acids is 2. The van der Waals surface area contributed by atoms with Gasteiger partial charge in [0.05, 0.1) is 30.5 Å². The molecule has 1 aromatic heterocycles. The van der Waals surface area contributed by atoms with Crippen LogP contribution in [0.4, 0.5) is 9.80 Å². The van der Waals surface area contributed by atoms with Crippen molar-refractivity contribution in [3.8, 4) is 0 Å². The molecule has 24 heavy (non-hydrogen) atoms. The van der Waals surface area contributed by atoms with E-state index in [1.165, 1.54) is 11.3 Å². The number of hydrogen-bond acceptors (Lipinski definition) is 6. The van der Waals surface area contributed by atoms with E-state index in [2.05, 4.69) is 10.6 Å². The fourth-order valence-corrected chi connectivity index (χ4v) is 3.56. The number of amides is 2. The van der Waals surface area contributed by atoms with Crippen LogP contribution >= 0.6 is 11.3 Å². The summed E-state index contributed by atoms with van der Waals surface area (Å²) in [5.74, 6) is -0.446. The smallest absolute Gasteiger partial charge is 0.341 e. The lowest BCUT2D eigenvalue weighted by molar-refractivity contribution is -0.0384. The molecule has 8 heteroatoms. The molecular weight excluding hydrogens is 332 g/mol. The molecule has 3 N–H and O–H groups in total. The number of aliphatic hydroxyl groups excluding tert-OH is 1. The van der Waals surface area contributed by atoms with E-state index < -0.39 is 18.1 Å². The molecule has 0 bridgehead atoms. The highest BCUT2D eigenvalue weighted by atomic mass is 32.1. The second kappa shape index (κ2) is 7.50.